The van der Waals surface area contributed by atoms with Gasteiger partial charge in [-0.05, 0) is 26.8 Å². The number of hydrogen-bond acceptors (Lipinski definition) is 4. The minimum Gasteiger partial charge on any atom is -0.456 e. The first-order chi connectivity index (χ1) is 8.78. The van der Waals surface area contributed by atoms with Crippen molar-refractivity contribution >= 4 is 22.6 Å². The Hall–Kier alpha value is -2.37. The molecule has 0 amide bonds. The predicted molar refractivity (Wildman–Crippen MR) is 70.1 cm³/mol. The topological polar surface area (TPSA) is 85.2 Å². The number of ether oxygens (including phenoxy) is 1. The van der Waals surface area contributed by atoms with Crippen LogP contribution in [0.2, 0.25) is 0 Å². The van der Waals surface area contributed by atoms with Crippen molar-refractivity contribution in [2.24, 2.45) is 0 Å². The Kier molecular flexibility index (Phi) is 3.01. The number of nitro benzene ring substituents is 1. The van der Waals surface area contributed by atoms with E-state index in [1.807, 2.05) is 0 Å². The van der Waals surface area contributed by atoms with Gasteiger partial charge in [-0.2, -0.15) is 0 Å². The molecule has 0 unspecified atom stereocenters. The number of nitro groups is 1. The number of H-pyrrole nitrogens is 1. The van der Waals surface area contributed by atoms with Crippen LogP contribution in [0.25, 0.3) is 10.9 Å². The molecule has 0 aliphatic carbocycles. The molecular formula is C13H14N2O4. The Bertz CT molecular complexity index is 652. The van der Waals surface area contributed by atoms with Gasteiger partial charge in [0.15, 0.2) is 0 Å². The molecular weight excluding hydrogens is 248 g/mol. The first-order valence-corrected chi connectivity index (χ1v) is 5.77. The summed E-state index contributed by atoms with van der Waals surface area (Å²) in [5.74, 6) is -0.501. The van der Waals surface area contributed by atoms with Gasteiger partial charge in [-0.15, -0.1) is 0 Å². The molecule has 0 radical (unpaired) electrons. The molecule has 2 aromatic rings. The summed E-state index contributed by atoms with van der Waals surface area (Å²) in [5.41, 5.74) is 0.290. The quantitative estimate of drug-likeness (QED) is 0.512. The lowest BCUT2D eigenvalue weighted by molar-refractivity contribution is -0.384. The molecule has 0 saturated heterocycles. The summed E-state index contributed by atoms with van der Waals surface area (Å²) in [6, 6.07) is 4.32. The van der Waals surface area contributed by atoms with Gasteiger partial charge in [0.1, 0.15) is 5.60 Å². The number of esters is 1. The highest BCUT2D eigenvalue weighted by molar-refractivity contribution is 6.04. The Morgan fingerprint density at radius 2 is 2.05 bits per heavy atom. The number of fused-ring (bicyclic) bond motifs is 1. The third-order valence-electron chi connectivity index (χ3n) is 2.49. The number of benzene rings is 1. The maximum Gasteiger partial charge on any atom is 0.340 e. The molecule has 1 N–H and O–H groups in total. The van der Waals surface area contributed by atoms with Gasteiger partial charge >= 0.3 is 5.97 Å². The van der Waals surface area contributed by atoms with Gasteiger partial charge in [0.25, 0.3) is 5.69 Å². The maximum atomic E-state index is 12.0. The van der Waals surface area contributed by atoms with Gasteiger partial charge < -0.3 is 9.72 Å². The summed E-state index contributed by atoms with van der Waals surface area (Å²) in [6.45, 7) is 5.30. The summed E-state index contributed by atoms with van der Waals surface area (Å²) in [4.78, 5) is 25.2. The zero-order valence-electron chi connectivity index (χ0n) is 10.9. The number of aromatic amines is 1. The van der Waals surface area contributed by atoms with E-state index in [-0.39, 0.29) is 5.69 Å². The second-order valence-corrected chi connectivity index (χ2v) is 5.19. The Morgan fingerprint density at radius 3 is 2.63 bits per heavy atom. The van der Waals surface area contributed by atoms with Crippen LogP contribution in [0.5, 0.6) is 0 Å². The van der Waals surface area contributed by atoms with E-state index in [4.69, 9.17) is 4.74 Å². The summed E-state index contributed by atoms with van der Waals surface area (Å²) in [7, 11) is 0. The Balaban J connectivity index is 2.46. The number of carbonyl (C=O) groups excluding carboxylic acids is 1. The number of hydrogen-bond donors (Lipinski definition) is 1. The predicted octanol–water partition coefficient (Wildman–Crippen LogP) is 3.03. The van der Waals surface area contributed by atoms with Crippen LogP contribution in [-0.2, 0) is 4.74 Å². The van der Waals surface area contributed by atoms with Crippen molar-refractivity contribution in [2.45, 2.75) is 26.4 Å². The number of carbonyl (C=O) groups is 1. The van der Waals surface area contributed by atoms with E-state index in [9.17, 15) is 14.9 Å². The fraction of sp³-hybridized carbons (Fsp3) is 0.308. The van der Waals surface area contributed by atoms with Crippen molar-refractivity contribution in [1.29, 1.82) is 0 Å². The van der Waals surface area contributed by atoms with Crippen LogP contribution >= 0.6 is 0 Å². The van der Waals surface area contributed by atoms with Crippen LogP contribution in [0, 0.1) is 10.1 Å². The smallest absolute Gasteiger partial charge is 0.340 e. The van der Waals surface area contributed by atoms with Gasteiger partial charge in [-0.25, -0.2) is 4.79 Å². The van der Waals surface area contributed by atoms with Crippen molar-refractivity contribution in [3.05, 3.63) is 40.1 Å². The molecule has 0 atom stereocenters. The normalized spacial score (nSPS) is 11.5. The fourth-order valence-electron chi connectivity index (χ4n) is 1.72. The van der Waals surface area contributed by atoms with Crippen molar-refractivity contribution in [1.82, 2.24) is 4.98 Å². The molecule has 0 saturated carbocycles. The first-order valence-electron chi connectivity index (χ1n) is 5.77. The molecule has 2 rings (SSSR count). The number of aromatic nitrogens is 1. The van der Waals surface area contributed by atoms with Crippen LogP contribution in [0.15, 0.2) is 24.4 Å². The minimum absolute atomic E-state index is 0.0584. The molecule has 0 aliphatic rings. The molecule has 0 fully saturated rings. The highest BCUT2D eigenvalue weighted by Crippen LogP contribution is 2.25. The van der Waals surface area contributed by atoms with Crippen molar-refractivity contribution < 1.29 is 14.5 Å². The van der Waals surface area contributed by atoms with Gasteiger partial charge in [0, 0.05) is 29.2 Å². The van der Waals surface area contributed by atoms with E-state index in [0.29, 0.717) is 16.5 Å². The molecule has 100 valence electrons. The van der Waals surface area contributed by atoms with Crippen molar-refractivity contribution in [2.75, 3.05) is 0 Å². The van der Waals surface area contributed by atoms with Crippen LogP contribution < -0.4 is 0 Å². The highest BCUT2D eigenvalue weighted by atomic mass is 16.6. The van der Waals surface area contributed by atoms with Gasteiger partial charge in [0.05, 0.1) is 10.5 Å². The van der Waals surface area contributed by atoms with E-state index in [0.717, 1.165) is 0 Å². The van der Waals surface area contributed by atoms with Crippen molar-refractivity contribution in [3.63, 3.8) is 0 Å². The lowest BCUT2D eigenvalue weighted by Crippen LogP contribution is -2.23. The molecule has 19 heavy (non-hydrogen) atoms. The lowest BCUT2D eigenvalue weighted by Gasteiger charge is -2.19. The van der Waals surface area contributed by atoms with E-state index in [1.54, 1.807) is 26.8 Å². The monoisotopic (exact) mass is 262 g/mol. The SMILES string of the molecule is CC(C)(C)OC(=O)c1c[nH]c2ccc([N+](=O)[O-])cc12. The van der Waals surface area contributed by atoms with Crippen molar-refractivity contribution in [3.8, 4) is 0 Å². The minimum atomic E-state index is -0.610. The summed E-state index contributed by atoms with van der Waals surface area (Å²) in [5, 5.41) is 11.2. The lowest BCUT2D eigenvalue weighted by atomic mass is 10.1. The summed E-state index contributed by atoms with van der Waals surface area (Å²) < 4.78 is 5.26. The molecule has 0 aliphatic heterocycles. The fourth-order valence-corrected chi connectivity index (χ4v) is 1.72. The number of nitrogens with zero attached hydrogens (tertiary/aromatic N) is 1. The summed E-state index contributed by atoms with van der Waals surface area (Å²) in [6.07, 6.45) is 1.50. The van der Waals surface area contributed by atoms with Gasteiger partial charge in [-0.1, -0.05) is 0 Å². The molecule has 1 aromatic heterocycles. The van der Waals surface area contributed by atoms with Crippen LogP contribution in [0.4, 0.5) is 5.69 Å². The van der Waals surface area contributed by atoms with Crippen LogP contribution in [-0.4, -0.2) is 21.5 Å². The van der Waals surface area contributed by atoms with E-state index in [2.05, 4.69) is 4.98 Å². The second kappa shape index (κ2) is 4.38. The Morgan fingerprint density at radius 1 is 1.37 bits per heavy atom. The number of non-ortho nitro benzene ring substituents is 1. The third kappa shape index (κ3) is 2.73. The van der Waals surface area contributed by atoms with Gasteiger partial charge in [0.2, 0.25) is 0 Å². The molecule has 1 aromatic carbocycles. The molecule has 0 spiro atoms. The zero-order valence-corrected chi connectivity index (χ0v) is 10.9. The largest absolute Gasteiger partial charge is 0.456 e. The van der Waals surface area contributed by atoms with Crippen LogP contribution in [0.1, 0.15) is 31.1 Å². The zero-order chi connectivity index (χ0) is 14.2. The first kappa shape index (κ1) is 13.1. The summed E-state index contributed by atoms with van der Waals surface area (Å²) >= 11 is 0. The Labute approximate surface area is 109 Å². The van der Waals surface area contributed by atoms with Crippen LogP contribution in [0.3, 0.4) is 0 Å². The number of nitrogens with one attached hydrogen (secondary N) is 1. The average Bonchev–Trinajstić information content (AvgIpc) is 2.68. The molecule has 0 bridgehead atoms. The standard InChI is InChI=1S/C13H14N2O4/c1-13(2,3)19-12(16)10-7-14-11-5-4-8(15(17)18)6-9(10)11/h4-7,14H,1-3H3. The molecule has 6 nitrogen and oxygen atoms in total. The number of rotatable bonds is 2. The highest BCUT2D eigenvalue weighted by Gasteiger charge is 2.21. The third-order valence-corrected chi connectivity index (χ3v) is 2.49. The molecule has 1 heterocycles. The van der Waals surface area contributed by atoms with Gasteiger partial charge in [-0.3, -0.25) is 10.1 Å². The van der Waals surface area contributed by atoms with E-state index >= 15 is 0 Å². The second-order valence-electron chi connectivity index (χ2n) is 5.19. The van der Waals surface area contributed by atoms with E-state index in [1.165, 1.54) is 18.3 Å². The van der Waals surface area contributed by atoms with E-state index < -0.39 is 16.5 Å². The maximum absolute atomic E-state index is 12.0. The average molecular weight is 262 g/mol. The molecule has 6 heteroatoms.